The van der Waals surface area contributed by atoms with Crippen molar-refractivity contribution in [2.45, 2.75) is 38.3 Å². The van der Waals surface area contributed by atoms with Gasteiger partial charge in [0, 0.05) is 17.3 Å². The van der Waals surface area contributed by atoms with Gasteiger partial charge in [0.15, 0.2) is 0 Å². The Morgan fingerprint density at radius 3 is 3.00 bits per heavy atom. The highest BCUT2D eigenvalue weighted by atomic mass is 32.1. The number of amides is 2. The summed E-state index contributed by atoms with van der Waals surface area (Å²) in [6.45, 7) is 2.09. The first-order valence-electron chi connectivity index (χ1n) is 5.84. The molecule has 2 rings (SSSR count). The van der Waals surface area contributed by atoms with Crippen LogP contribution in [-0.2, 0) is 9.59 Å². The van der Waals surface area contributed by atoms with E-state index >= 15 is 0 Å². The average Bonchev–Trinajstić information content (AvgIpc) is 2.81. The molecule has 1 aliphatic rings. The van der Waals surface area contributed by atoms with Crippen molar-refractivity contribution >= 4 is 23.2 Å². The standard InChI is InChI=1S/C12H16N2O2S/c1-2-8(10-4-3-7-17-10)13-9-5-6-11(15)14-12(9)16/h3-4,7-9,13H,2,5-6H2,1H3,(H,14,15,16). The highest BCUT2D eigenvalue weighted by molar-refractivity contribution is 7.10. The summed E-state index contributed by atoms with van der Waals surface area (Å²) in [6.07, 6.45) is 1.94. The van der Waals surface area contributed by atoms with E-state index in [0.29, 0.717) is 12.8 Å². The van der Waals surface area contributed by atoms with Gasteiger partial charge in [-0.1, -0.05) is 13.0 Å². The van der Waals surface area contributed by atoms with Crippen molar-refractivity contribution < 1.29 is 9.59 Å². The zero-order valence-corrected chi connectivity index (χ0v) is 10.5. The lowest BCUT2D eigenvalue weighted by molar-refractivity contribution is -0.134. The van der Waals surface area contributed by atoms with Crippen LogP contribution in [0.4, 0.5) is 0 Å². The van der Waals surface area contributed by atoms with Crippen LogP contribution in [-0.4, -0.2) is 17.9 Å². The van der Waals surface area contributed by atoms with E-state index in [1.165, 1.54) is 4.88 Å². The van der Waals surface area contributed by atoms with Crippen molar-refractivity contribution in [3.63, 3.8) is 0 Å². The van der Waals surface area contributed by atoms with Crippen LogP contribution < -0.4 is 10.6 Å². The van der Waals surface area contributed by atoms with Gasteiger partial charge in [0.05, 0.1) is 6.04 Å². The molecular formula is C12H16N2O2S. The molecule has 5 heteroatoms. The number of nitrogens with one attached hydrogen (secondary N) is 2. The molecule has 1 aromatic rings. The summed E-state index contributed by atoms with van der Waals surface area (Å²) in [5.74, 6) is -0.367. The number of carbonyl (C=O) groups is 2. The van der Waals surface area contributed by atoms with Crippen LogP contribution in [0.3, 0.4) is 0 Å². The van der Waals surface area contributed by atoms with Crippen molar-refractivity contribution in [3.8, 4) is 0 Å². The maximum absolute atomic E-state index is 11.6. The summed E-state index contributed by atoms with van der Waals surface area (Å²) in [6, 6.07) is 4.02. The number of hydrogen-bond acceptors (Lipinski definition) is 4. The molecule has 0 spiro atoms. The summed E-state index contributed by atoms with van der Waals surface area (Å²) in [7, 11) is 0. The van der Waals surface area contributed by atoms with E-state index < -0.39 is 0 Å². The fourth-order valence-corrected chi connectivity index (χ4v) is 2.86. The van der Waals surface area contributed by atoms with Crippen LogP contribution in [0.5, 0.6) is 0 Å². The molecular weight excluding hydrogens is 236 g/mol. The van der Waals surface area contributed by atoms with Crippen LogP contribution in [0.25, 0.3) is 0 Å². The molecule has 0 saturated carbocycles. The van der Waals surface area contributed by atoms with Crippen LogP contribution in [0.15, 0.2) is 17.5 Å². The van der Waals surface area contributed by atoms with Gasteiger partial charge in [-0.3, -0.25) is 20.2 Å². The summed E-state index contributed by atoms with van der Waals surface area (Å²) in [4.78, 5) is 23.9. The van der Waals surface area contributed by atoms with Gasteiger partial charge in [-0.2, -0.15) is 0 Å². The number of imide groups is 1. The van der Waals surface area contributed by atoms with Gasteiger partial charge < -0.3 is 0 Å². The van der Waals surface area contributed by atoms with Crippen LogP contribution >= 0.6 is 11.3 Å². The number of carbonyl (C=O) groups excluding carboxylic acids is 2. The molecule has 2 unspecified atom stereocenters. The topological polar surface area (TPSA) is 58.2 Å². The smallest absolute Gasteiger partial charge is 0.243 e. The SMILES string of the molecule is CCC(NC1CCC(=O)NC1=O)c1cccs1. The van der Waals surface area contributed by atoms with Crippen molar-refractivity contribution in [3.05, 3.63) is 22.4 Å². The fraction of sp³-hybridized carbons (Fsp3) is 0.500. The van der Waals surface area contributed by atoms with Crippen LogP contribution in [0.2, 0.25) is 0 Å². The fourth-order valence-electron chi connectivity index (χ4n) is 1.99. The van der Waals surface area contributed by atoms with Gasteiger partial charge >= 0.3 is 0 Å². The molecule has 2 atom stereocenters. The molecule has 2 N–H and O–H groups in total. The first-order valence-corrected chi connectivity index (χ1v) is 6.71. The minimum Gasteiger partial charge on any atom is -0.298 e. The van der Waals surface area contributed by atoms with Gasteiger partial charge in [-0.15, -0.1) is 11.3 Å². The van der Waals surface area contributed by atoms with Crippen molar-refractivity contribution in [1.29, 1.82) is 0 Å². The Labute approximate surface area is 104 Å². The molecule has 1 fully saturated rings. The van der Waals surface area contributed by atoms with E-state index in [1.807, 2.05) is 11.4 Å². The molecule has 17 heavy (non-hydrogen) atoms. The summed E-state index contributed by atoms with van der Waals surface area (Å²) in [5, 5.41) is 7.72. The second kappa shape index (κ2) is 5.42. The molecule has 1 aliphatic heterocycles. The summed E-state index contributed by atoms with van der Waals surface area (Å²) >= 11 is 1.68. The minimum absolute atomic E-state index is 0.169. The quantitative estimate of drug-likeness (QED) is 0.800. The lowest BCUT2D eigenvalue weighted by Crippen LogP contribution is -2.51. The zero-order valence-electron chi connectivity index (χ0n) is 9.73. The van der Waals surface area contributed by atoms with Crippen molar-refractivity contribution in [2.75, 3.05) is 0 Å². The third-order valence-corrected chi connectivity index (χ3v) is 3.92. The van der Waals surface area contributed by atoms with E-state index in [0.717, 1.165) is 6.42 Å². The Morgan fingerprint density at radius 1 is 1.59 bits per heavy atom. The van der Waals surface area contributed by atoms with Crippen LogP contribution in [0.1, 0.15) is 37.1 Å². The molecule has 0 aliphatic carbocycles. The van der Waals surface area contributed by atoms with E-state index in [-0.39, 0.29) is 23.9 Å². The second-order valence-electron chi connectivity index (χ2n) is 4.15. The molecule has 4 nitrogen and oxygen atoms in total. The molecule has 0 aromatic carbocycles. The van der Waals surface area contributed by atoms with Gasteiger partial charge in [0.25, 0.3) is 0 Å². The van der Waals surface area contributed by atoms with E-state index in [9.17, 15) is 9.59 Å². The van der Waals surface area contributed by atoms with E-state index in [1.54, 1.807) is 11.3 Å². The zero-order chi connectivity index (χ0) is 12.3. The predicted octanol–water partition coefficient (Wildman–Crippen LogP) is 1.59. The van der Waals surface area contributed by atoms with Crippen LogP contribution in [0, 0.1) is 0 Å². The number of hydrogen-bond donors (Lipinski definition) is 2. The third-order valence-electron chi connectivity index (χ3n) is 2.94. The van der Waals surface area contributed by atoms with Gasteiger partial charge in [-0.25, -0.2) is 0 Å². The minimum atomic E-state index is -0.250. The largest absolute Gasteiger partial charge is 0.298 e. The number of piperidine rings is 1. The molecule has 2 heterocycles. The first kappa shape index (κ1) is 12.3. The molecule has 0 radical (unpaired) electrons. The highest BCUT2D eigenvalue weighted by Crippen LogP contribution is 2.23. The maximum Gasteiger partial charge on any atom is 0.243 e. The normalized spacial score (nSPS) is 22.3. The van der Waals surface area contributed by atoms with Gasteiger partial charge in [0.1, 0.15) is 0 Å². The Bertz CT molecular complexity index is 403. The van der Waals surface area contributed by atoms with E-state index in [4.69, 9.17) is 0 Å². The van der Waals surface area contributed by atoms with Crippen molar-refractivity contribution in [1.82, 2.24) is 10.6 Å². The summed E-state index contributed by atoms with van der Waals surface area (Å²) < 4.78 is 0. The van der Waals surface area contributed by atoms with Gasteiger partial charge in [-0.05, 0) is 24.3 Å². The molecule has 1 saturated heterocycles. The van der Waals surface area contributed by atoms with Crippen molar-refractivity contribution in [2.24, 2.45) is 0 Å². The lowest BCUT2D eigenvalue weighted by atomic mass is 10.0. The summed E-state index contributed by atoms with van der Waals surface area (Å²) in [5.41, 5.74) is 0. The lowest BCUT2D eigenvalue weighted by Gasteiger charge is -2.26. The highest BCUT2D eigenvalue weighted by Gasteiger charge is 2.28. The third kappa shape index (κ3) is 2.92. The Hall–Kier alpha value is -1.20. The molecule has 0 bridgehead atoms. The van der Waals surface area contributed by atoms with E-state index in [2.05, 4.69) is 23.6 Å². The first-order chi connectivity index (χ1) is 8.20. The Kier molecular flexibility index (Phi) is 3.91. The Balaban J connectivity index is 1.99. The molecule has 1 aromatic heterocycles. The number of rotatable bonds is 4. The molecule has 2 amide bonds. The Morgan fingerprint density at radius 2 is 2.41 bits per heavy atom. The van der Waals surface area contributed by atoms with Gasteiger partial charge in [0.2, 0.25) is 11.8 Å². The monoisotopic (exact) mass is 252 g/mol. The average molecular weight is 252 g/mol. The number of thiophene rings is 1. The second-order valence-corrected chi connectivity index (χ2v) is 5.13. The predicted molar refractivity (Wildman–Crippen MR) is 66.7 cm³/mol. The molecule has 92 valence electrons. The maximum atomic E-state index is 11.6.